The Morgan fingerprint density at radius 2 is 1.79 bits per heavy atom. The summed E-state index contributed by atoms with van der Waals surface area (Å²) in [5, 5.41) is 11.6. The van der Waals surface area contributed by atoms with Gasteiger partial charge in [0.1, 0.15) is 0 Å². The summed E-state index contributed by atoms with van der Waals surface area (Å²) in [6.45, 7) is 2.69. The lowest BCUT2D eigenvalue weighted by Gasteiger charge is -2.18. The predicted molar refractivity (Wildman–Crippen MR) is 81.7 cm³/mol. The van der Waals surface area contributed by atoms with E-state index in [0.717, 1.165) is 11.1 Å². The number of aliphatic carboxylic acids is 1. The number of carboxylic acids is 1. The Labute approximate surface area is 137 Å². The minimum absolute atomic E-state index is 0.274. The fraction of sp³-hybridized carbons (Fsp3) is 0.500. The number of halogens is 3. The van der Waals surface area contributed by atoms with Crippen molar-refractivity contribution in [1.82, 2.24) is 4.90 Å². The molecule has 1 aromatic carbocycles. The SMILES string of the molecule is Cc1cc(C)cc(NC(=O)CN2C[C@@H](C(F)(F)F)[C@H](C(=O)O)C2)c1. The molecular formula is C16H19F3N2O3. The Kier molecular flexibility index (Phi) is 5.17. The maximum atomic E-state index is 12.9. The minimum Gasteiger partial charge on any atom is -0.481 e. The smallest absolute Gasteiger partial charge is 0.393 e. The van der Waals surface area contributed by atoms with Crippen molar-refractivity contribution >= 4 is 17.6 Å². The summed E-state index contributed by atoms with van der Waals surface area (Å²) >= 11 is 0. The molecule has 8 heteroatoms. The molecule has 1 saturated heterocycles. The summed E-state index contributed by atoms with van der Waals surface area (Å²) in [5.41, 5.74) is 2.47. The van der Waals surface area contributed by atoms with Crippen LogP contribution in [-0.4, -0.2) is 47.7 Å². The van der Waals surface area contributed by atoms with Crippen LogP contribution in [0.2, 0.25) is 0 Å². The first-order valence-corrected chi connectivity index (χ1v) is 7.46. The van der Waals surface area contributed by atoms with Gasteiger partial charge in [-0.1, -0.05) is 6.07 Å². The third-order valence-electron chi connectivity index (χ3n) is 4.01. The van der Waals surface area contributed by atoms with Crippen LogP contribution in [0.3, 0.4) is 0 Å². The quantitative estimate of drug-likeness (QED) is 0.880. The molecule has 5 nitrogen and oxygen atoms in total. The number of likely N-dealkylation sites (tertiary alicyclic amines) is 1. The molecule has 132 valence electrons. The third-order valence-corrected chi connectivity index (χ3v) is 4.01. The Balaban J connectivity index is 2.00. The molecule has 0 radical (unpaired) electrons. The van der Waals surface area contributed by atoms with E-state index in [-0.39, 0.29) is 13.1 Å². The lowest BCUT2D eigenvalue weighted by Crippen LogP contribution is -2.34. The van der Waals surface area contributed by atoms with Gasteiger partial charge >= 0.3 is 12.1 Å². The highest BCUT2D eigenvalue weighted by molar-refractivity contribution is 5.92. The van der Waals surface area contributed by atoms with E-state index in [1.165, 1.54) is 4.90 Å². The molecule has 1 fully saturated rings. The van der Waals surface area contributed by atoms with E-state index in [4.69, 9.17) is 5.11 Å². The number of rotatable bonds is 4. The molecule has 0 aromatic heterocycles. The van der Waals surface area contributed by atoms with Crippen LogP contribution in [0, 0.1) is 25.7 Å². The van der Waals surface area contributed by atoms with Gasteiger partial charge in [0, 0.05) is 18.8 Å². The molecule has 0 saturated carbocycles. The van der Waals surface area contributed by atoms with Crippen LogP contribution in [0.25, 0.3) is 0 Å². The Morgan fingerprint density at radius 1 is 1.21 bits per heavy atom. The first kappa shape index (κ1) is 18.3. The summed E-state index contributed by atoms with van der Waals surface area (Å²) in [6, 6.07) is 5.45. The van der Waals surface area contributed by atoms with E-state index >= 15 is 0 Å². The molecule has 0 unspecified atom stereocenters. The van der Waals surface area contributed by atoms with Crippen molar-refractivity contribution in [3.63, 3.8) is 0 Å². The number of carbonyl (C=O) groups is 2. The van der Waals surface area contributed by atoms with Crippen molar-refractivity contribution in [2.24, 2.45) is 11.8 Å². The largest absolute Gasteiger partial charge is 0.481 e. The molecule has 2 atom stereocenters. The molecule has 1 aliphatic heterocycles. The number of alkyl halides is 3. The van der Waals surface area contributed by atoms with Gasteiger partial charge in [-0.3, -0.25) is 14.5 Å². The fourth-order valence-corrected chi connectivity index (χ4v) is 3.05. The van der Waals surface area contributed by atoms with E-state index < -0.39 is 36.4 Å². The lowest BCUT2D eigenvalue weighted by molar-refractivity contribution is -0.188. The number of benzene rings is 1. The summed E-state index contributed by atoms with van der Waals surface area (Å²) in [6.07, 6.45) is -4.60. The topological polar surface area (TPSA) is 69.6 Å². The average Bonchev–Trinajstić information content (AvgIpc) is 2.81. The first-order chi connectivity index (χ1) is 11.1. The molecule has 24 heavy (non-hydrogen) atoms. The molecule has 0 bridgehead atoms. The second-order valence-corrected chi connectivity index (χ2v) is 6.21. The van der Waals surface area contributed by atoms with E-state index in [2.05, 4.69) is 5.32 Å². The van der Waals surface area contributed by atoms with Gasteiger partial charge in [-0.05, 0) is 37.1 Å². The van der Waals surface area contributed by atoms with Crippen LogP contribution in [0.5, 0.6) is 0 Å². The van der Waals surface area contributed by atoms with E-state index in [1.807, 2.05) is 19.9 Å². The van der Waals surface area contributed by atoms with Crippen molar-refractivity contribution in [2.45, 2.75) is 20.0 Å². The van der Waals surface area contributed by atoms with E-state index in [1.54, 1.807) is 12.1 Å². The Bertz CT molecular complexity index is 626. The van der Waals surface area contributed by atoms with Crippen molar-refractivity contribution < 1.29 is 27.9 Å². The highest BCUT2D eigenvalue weighted by atomic mass is 19.4. The van der Waals surface area contributed by atoms with Crippen LogP contribution in [0.15, 0.2) is 18.2 Å². The van der Waals surface area contributed by atoms with Gasteiger partial charge in [0.25, 0.3) is 0 Å². The maximum absolute atomic E-state index is 12.9. The summed E-state index contributed by atoms with van der Waals surface area (Å²) in [4.78, 5) is 24.3. The molecule has 2 rings (SSSR count). The third kappa shape index (κ3) is 4.47. The van der Waals surface area contributed by atoms with Crippen LogP contribution in [0.4, 0.5) is 18.9 Å². The molecule has 0 aliphatic carbocycles. The number of nitrogens with zero attached hydrogens (tertiary/aromatic N) is 1. The number of carboxylic acid groups (broad SMARTS) is 1. The van der Waals surface area contributed by atoms with Crippen molar-refractivity contribution in [1.29, 1.82) is 0 Å². The van der Waals surface area contributed by atoms with Crippen molar-refractivity contribution in [2.75, 3.05) is 25.0 Å². The van der Waals surface area contributed by atoms with E-state index in [0.29, 0.717) is 5.69 Å². The van der Waals surface area contributed by atoms with Gasteiger partial charge < -0.3 is 10.4 Å². The second kappa shape index (κ2) is 6.80. The molecule has 1 heterocycles. The highest BCUT2D eigenvalue weighted by Crippen LogP contribution is 2.37. The van der Waals surface area contributed by atoms with Gasteiger partial charge in [0.2, 0.25) is 5.91 Å². The molecular weight excluding hydrogens is 325 g/mol. The van der Waals surface area contributed by atoms with Crippen LogP contribution in [-0.2, 0) is 9.59 Å². The lowest BCUT2D eigenvalue weighted by atomic mass is 9.96. The summed E-state index contributed by atoms with van der Waals surface area (Å²) in [5.74, 6) is -5.45. The number of aryl methyl sites for hydroxylation is 2. The van der Waals surface area contributed by atoms with Crippen molar-refractivity contribution in [3.8, 4) is 0 Å². The van der Waals surface area contributed by atoms with Gasteiger partial charge in [-0.25, -0.2) is 0 Å². The average molecular weight is 344 g/mol. The number of hydrogen-bond donors (Lipinski definition) is 2. The number of amides is 1. The second-order valence-electron chi connectivity index (χ2n) is 6.21. The molecule has 2 N–H and O–H groups in total. The maximum Gasteiger partial charge on any atom is 0.393 e. The molecule has 1 amide bonds. The zero-order valence-electron chi connectivity index (χ0n) is 13.4. The predicted octanol–water partition coefficient (Wildman–Crippen LogP) is 2.44. The van der Waals surface area contributed by atoms with Gasteiger partial charge in [-0.15, -0.1) is 0 Å². The molecule has 1 aliphatic rings. The molecule has 0 spiro atoms. The highest BCUT2D eigenvalue weighted by Gasteiger charge is 2.52. The minimum atomic E-state index is -4.60. The van der Waals surface area contributed by atoms with Gasteiger partial charge in [0.15, 0.2) is 0 Å². The first-order valence-electron chi connectivity index (χ1n) is 7.46. The molecule has 1 aromatic rings. The van der Waals surface area contributed by atoms with Gasteiger partial charge in [-0.2, -0.15) is 13.2 Å². The number of carbonyl (C=O) groups excluding carboxylic acids is 1. The van der Waals surface area contributed by atoms with Crippen molar-refractivity contribution in [3.05, 3.63) is 29.3 Å². The van der Waals surface area contributed by atoms with Crippen LogP contribution < -0.4 is 5.32 Å². The number of anilines is 1. The Morgan fingerprint density at radius 3 is 2.25 bits per heavy atom. The monoisotopic (exact) mass is 344 g/mol. The number of hydrogen-bond acceptors (Lipinski definition) is 3. The summed E-state index contributed by atoms with van der Waals surface area (Å²) in [7, 11) is 0. The Hall–Kier alpha value is -2.09. The van der Waals surface area contributed by atoms with Crippen LogP contribution in [0.1, 0.15) is 11.1 Å². The standard InChI is InChI=1S/C16H19F3N2O3/c1-9-3-10(2)5-11(4-9)20-14(22)8-21-6-12(15(23)24)13(7-21)16(17,18)19/h3-5,12-13H,6-8H2,1-2H3,(H,20,22)(H,23,24)/t12-,13-/m1/s1. The normalized spacial score (nSPS) is 21.7. The van der Waals surface area contributed by atoms with Crippen LogP contribution >= 0.6 is 0 Å². The summed E-state index contributed by atoms with van der Waals surface area (Å²) < 4.78 is 38.8. The number of nitrogens with one attached hydrogen (secondary N) is 1. The zero-order valence-corrected chi connectivity index (χ0v) is 13.4. The zero-order chi connectivity index (χ0) is 18.1. The van der Waals surface area contributed by atoms with Gasteiger partial charge in [0.05, 0.1) is 18.4 Å². The fourth-order valence-electron chi connectivity index (χ4n) is 3.05. The van der Waals surface area contributed by atoms with E-state index in [9.17, 15) is 22.8 Å².